The number of carbonyl (C=O) groups excluding carboxylic acids is 1. The quantitative estimate of drug-likeness (QED) is 0.455. The van der Waals surface area contributed by atoms with Crippen LogP contribution in [-0.4, -0.2) is 46.4 Å². The molecule has 4 rings (SSSR count). The molecule has 2 aromatic heterocycles. The molecule has 176 valence electrons. The van der Waals surface area contributed by atoms with E-state index in [2.05, 4.69) is 15.5 Å². The summed E-state index contributed by atoms with van der Waals surface area (Å²) in [5.41, 5.74) is 1.06. The van der Waals surface area contributed by atoms with Gasteiger partial charge in [-0.25, -0.2) is 4.79 Å². The van der Waals surface area contributed by atoms with Crippen LogP contribution in [0.4, 0.5) is 16.3 Å². The van der Waals surface area contributed by atoms with Crippen molar-refractivity contribution in [3.05, 3.63) is 42.7 Å². The van der Waals surface area contributed by atoms with Crippen LogP contribution in [0, 0.1) is 5.92 Å². The van der Waals surface area contributed by atoms with Crippen LogP contribution in [0.1, 0.15) is 46.5 Å². The van der Waals surface area contributed by atoms with Gasteiger partial charge in [0.15, 0.2) is 11.4 Å². The van der Waals surface area contributed by atoms with Gasteiger partial charge in [-0.15, -0.1) is 0 Å². The second-order valence-electron chi connectivity index (χ2n) is 9.43. The predicted molar refractivity (Wildman–Crippen MR) is 127 cm³/mol. The highest BCUT2D eigenvalue weighted by Crippen LogP contribution is 2.34. The first-order chi connectivity index (χ1) is 15.9. The van der Waals surface area contributed by atoms with E-state index in [1.807, 2.05) is 56.0 Å². The second-order valence-corrected chi connectivity index (χ2v) is 9.43. The molecule has 0 radical (unpaired) electrons. The van der Waals surface area contributed by atoms with Crippen LogP contribution in [0.15, 0.2) is 47.2 Å². The molecule has 0 bridgehead atoms. The summed E-state index contributed by atoms with van der Waals surface area (Å²) in [6.45, 7) is 7.82. The maximum atomic E-state index is 12.2. The Balaban J connectivity index is 1.26. The van der Waals surface area contributed by atoms with Gasteiger partial charge in [0.05, 0.1) is 18.5 Å². The summed E-state index contributed by atoms with van der Waals surface area (Å²) >= 11 is 0. The monoisotopic (exact) mass is 452 g/mol. The zero-order chi connectivity index (χ0) is 23.3. The Morgan fingerprint density at radius 2 is 2.03 bits per heavy atom. The first kappa shape index (κ1) is 22.9. The number of fused-ring (bicyclic) bond motifs is 1. The van der Waals surface area contributed by atoms with Gasteiger partial charge < -0.3 is 24.2 Å². The molecule has 1 amide bonds. The van der Waals surface area contributed by atoms with Gasteiger partial charge in [0.1, 0.15) is 16.7 Å². The number of rotatable bonds is 7. The van der Waals surface area contributed by atoms with Gasteiger partial charge in [-0.05, 0) is 76.6 Å². The van der Waals surface area contributed by atoms with E-state index in [-0.39, 0.29) is 6.09 Å². The number of hydrogen-bond donors (Lipinski definition) is 1. The number of pyridine rings is 1. The Morgan fingerprint density at radius 3 is 2.76 bits per heavy atom. The van der Waals surface area contributed by atoms with Crippen LogP contribution < -0.4 is 10.1 Å². The number of likely N-dealkylation sites (tertiary alicyclic amines) is 1. The molecule has 1 N–H and O–H groups in total. The van der Waals surface area contributed by atoms with E-state index in [4.69, 9.17) is 14.0 Å². The molecule has 8 heteroatoms. The summed E-state index contributed by atoms with van der Waals surface area (Å²) in [7, 11) is 0. The minimum atomic E-state index is -0.452. The highest BCUT2D eigenvalue weighted by Gasteiger charge is 2.26. The Kier molecular flexibility index (Phi) is 7.01. The van der Waals surface area contributed by atoms with Gasteiger partial charge in [-0.1, -0.05) is 11.2 Å². The van der Waals surface area contributed by atoms with Gasteiger partial charge in [-0.3, -0.25) is 4.98 Å². The molecule has 0 aliphatic carbocycles. The van der Waals surface area contributed by atoms with Gasteiger partial charge >= 0.3 is 6.09 Å². The van der Waals surface area contributed by atoms with Crippen molar-refractivity contribution in [3.63, 3.8) is 0 Å². The lowest BCUT2D eigenvalue weighted by molar-refractivity contribution is 0.0179. The van der Waals surface area contributed by atoms with Crippen LogP contribution >= 0.6 is 0 Å². The Bertz CT molecular complexity index is 1050. The summed E-state index contributed by atoms with van der Waals surface area (Å²) in [5, 5.41) is 8.23. The van der Waals surface area contributed by atoms with Crippen LogP contribution in [0.2, 0.25) is 0 Å². The fraction of sp³-hybridized carbons (Fsp3) is 0.480. The average molecular weight is 453 g/mol. The molecule has 1 aliphatic heterocycles. The number of hydrogen-bond acceptors (Lipinski definition) is 7. The lowest BCUT2D eigenvalue weighted by atomic mass is 9.92. The normalized spacial score (nSPS) is 14.9. The van der Waals surface area contributed by atoms with Crippen molar-refractivity contribution >= 4 is 28.6 Å². The first-order valence-corrected chi connectivity index (χ1v) is 11.6. The number of piperidine rings is 1. The van der Waals surface area contributed by atoms with E-state index in [0.29, 0.717) is 23.9 Å². The zero-order valence-corrected chi connectivity index (χ0v) is 19.5. The van der Waals surface area contributed by atoms with E-state index < -0.39 is 5.60 Å². The van der Waals surface area contributed by atoms with E-state index in [9.17, 15) is 4.79 Å². The van der Waals surface area contributed by atoms with Crippen molar-refractivity contribution in [1.82, 2.24) is 15.0 Å². The molecule has 33 heavy (non-hydrogen) atoms. The van der Waals surface area contributed by atoms with E-state index in [0.717, 1.165) is 55.6 Å². The summed E-state index contributed by atoms with van der Waals surface area (Å²) in [4.78, 5) is 18.2. The van der Waals surface area contributed by atoms with Crippen molar-refractivity contribution < 1.29 is 18.8 Å². The molecule has 1 saturated heterocycles. The molecule has 3 heterocycles. The smallest absolute Gasteiger partial charge is 0.410 e. The molecule has 8 nitrogen and oxygen atoms in total. The standard InChI is InChI=1S/C25H32N4O4/c1-25(2,3)32-24(30)29-14-11-18(12-15-29)7-6-16-31-20-9-4-10-21-22(20)23(28-33-21)27-19-8-5-13-26-17-19/h4-5,8-10,13,17-18H,6-7,11-12,14-16H2,1-3H3,(H,27,28). The molecule has 3 aromatic rings. The number of carbonyl (C=O) groups is 1. The van der Waals surface area contributed by atoms with Crippen LogP contribution in [0.25, 0.3) is 11.0 Å². The van der Waals surface area contributed by atoms with Crippen LogP contribution in [0.3, 0.4) is 0 Å². The second kappa shape index (κ2) is 10.1. The third kappa shape index (κ3) is 6.15. The fourth-order valence-electron chi connectivity index (χ4n) is 4.02. The summed E-state index contributed by atoms with van der Waals surface area (Å²) < 4.78 is 17.1. The number of ether oxygens (including phenoxy) is 2. The largest absolute Gasteiger partial charge is 0.493 e. The Labute approximate surface area is 194 Å². The number of nitrogens with zero attached hydrogens (tertiary/aromatic N) is 3. The minimum absolute atomic E-state index is 0.207. The van der Waals surface area contributed by atoms with Gasteiger partial charge in [0.2, 0.25) is 0 Å². The maximum absolute atomic E-state index is 12.2. The molecule has 1 aromatic carbocycles. The maximum Gasteiger partial charge on any atom is 0.410 e. The van der Waals surface area contributed by atoms with Crippen LogP contribution in [-0.2, 0) is 4.74 Å². The van der Waals surface area contributed by atoms with Gasteiger partial charge in [0.25, 0.3) is 0 Å². The van der Waals surface area contributed by atoms with Crippen molar-refractivity contribution in [2.24, 2.45) is 5.92 Å². The van der Waals surface area contributed by atoms with Crippen molar-refractivity contribution in [1.29, 1.82) is 0 Å². The fourth-order valence-corrected chi connectivity index (χ4v) is 4.02. The lowest BCUT2D eigenvalue weighted by Crippen LogP contribution is -2.41. The van der Waals surface area contributed by atoms with Gasteiger partial charge in [0, 0.05) is 19.3 Å². The predicted octanol–water partition coefficient (Wildman–Crippen LogP) is 5.77. The molecule has 0 unspecified atom stereocenters. The molecule has 0 saturated carbocycles. The zero-order valence-electron chi connectivity index (χ0n) is 19.5. The number of nitrogens with one attached hydrogen (secondary N) is 1. The number of amides is 1. The number of benzene rings is 1. The van der Waals surface area contributed by atoms with E-state index in [1.165, 1.54) is 0 Å². The minimum Gasteiger partial charge on any atom is -0.493 e. The Morgan fingerprint density at radius 1 is 1.21 bits per heavy atom. The Hall–Kier alpha value is -3.29. The summed E-state index contributed by atoms with van der Waals surface area (Å²) in [6, 6.07) is 9.50. The highest BCUT2D eigenvalue weighted by atomic mass is 16.6. The highest BCUT2D eigenvalue weighted by molar-refractivity contribution is 5.95. The topological polar surface area (TPSA) is 89.7 Å². The lowest BCUT2D eigenvalue weighted by Gasteiger charge is -2.33. The SMILES string of the molecule is CC(C)(C)OC(=O)N1CCC(CCCOc2cccc3onc(Nc4cccnc4)c23)CC1. The molecule has 1 aliphatic rings. The van der Waals surface area contributed by atoms with Crippen LogP contribution in [0.5, 0.6) is 5.75 Å². The molecule has 0 atom stereocenters. The third-order valence-electron chi connectivity index (χ3n) is 5.66. The third-order valence-corrected chi connectivity index (χ3v) is 5.66. The van der Waals surface area contributed by atoms with E-state index >= 15 is 0 Å². The first-order valence-electron chi connectivity index (χ1n) is 11.6. The molecular formula is C25H32N4O4. The molecule has 1 fully saturated rings. The molecule has 0 spiro atoms. The van der Waals surface area contributed by atoms with E-state index in [1.54, 1.807) is 12.4 Å². The average Bonchev–Trinajstić information content (AvgIpc) is 3.20. The number of anilines is 2. The summed E-state index contributed by atoms with van der Waals surface area (Å²) in [5.74, 6) is 1.96. The van der Waals surface area contributed by atoms with Gasteiger partial charge in [-0.2, -0.15) is 0 Å². The van der Waals surface area contributed by atoms with Crippen molar-refractivity contribution in [2.75, 3.05) is 25.0 Å². The molecular weight excluding hydrogens is 420 g/mol. The summed E-state index contributed by atoms with van der Waals surface area (Å²) in [6.07, 6.45) is 7.27. The number of aromatic nitrogens is 2. The van der Waals surface area contributed by atoms with Crippen molar-refractivity contribution in [2.45, 2.75) is 52.1 Å². The van der Waals surface area contributed by atoms with Crippen molar-refractivity contribution in [3.8, 4) is 5.75 Å².